The zero-order valence-electron chi connectivity index (χ0n) is 18.2. The van der Waals surface area contributed by atoms with Gasteiger partial charge in [0.05, 0.1) is 18.2 Å². The largest absolute Gasteiger partial charge is 0.507 e. The maximum absolute atomic E-state index is 13.3. The molecule has 0 radical (unpaired) electrons. The van der Waals surface area contributed by atoms with Crippen LogP contribution in [0.1, 0.15) is 36.1 Å². The predicted molar refractivity (Wildman–Crippen MR) is 123 cm³/mol. The van der Waals surface area contributed by atoms with Gasteiger partial charge >= 0.3 is 0 Å². The minimum absolute atomic E-state index is 0.0236. The van der Waals surface area contributed by atoms with Gasteiger partial charge in [-0.1, -0.05) is 49.4 Å². The lowest BCUT2D eigenvalue weighted by atomic mass is 9.95. The summed E-state index contributed by atoms with van der Waals surface area (Å²) in [5.41, 5.74) is 1.81. The molecule has 0 aliphatic carbocycles. The molecule has 1 N–H and O–H groups in total. The van der Waals surface area contributed by atoms with Crippen molar-refractivity contribution in [1.82, 2.24) is 4.90 Å². The number of carbonyl (C=O) groups excluding carboxylic acids is 2. The Balaban J connectivity index is 1.76. The van der Waals surface area contributed by atoms with Gasteiger partial charge in [-0.3, -0.25) is 9.59 Å². The number of aliphatic hydroxyl groups excluding tert-OH is 1. The lowest BCUT2D eigenvalue weighted by molar-refractivity contribution is -0.140. The van der Waals surface area contributed by atoms with Crippen LogP contribution in [0.4, 0.5) is 4.39 Å². The molecule has 1 unspecified atom stereocenters. The van der Waals surface area contributed by atoms with E-state index < -0.39 is 17.7 Å². The standard InChI is InChI=1S/C27H24FNO4/c1-2-16-33-22-14-10-20(11-15-22)25(30)23-24(19-6-4-3-5-7-19)29(27(32)26(23)31)17-18-8-12-21(28)13-9-18/h3-15,24,30H,2,16-17H2,1H3/b25-23-. The number of halogens is 1. The molecule has 6 heteroatoms. The van der Waals surface area contributed by atoms with Gasteiger partial charge < -0.3 is 14.7 Å². The maximum atomic E-state index is 13.3. The first kappa shape index (κ1) is 22.3. The number of benzene rings is 3. The summed E-state index contributed by atoms with van der Waals surface area (Å²) in [7, 11) is 0. The molecule has 33 heavy (non-hydrogen) atoms. The Bertz CT molecular complexity index is 1170. The number of ketones is 1. The van der Waals surface area contributed by atoms with E-state index in [0.29, 0.717) is 29.0 Å². The summed E-state index contributed by atoms with van der Waals surface area (Å²) in [5, 5.41) is 11.1. The molecule has 1 aliphatic rings. The second kappa shape index (κ2) is 9.69. The first-order valence-electron chi connectivity index (χ1n) is 10.8. The average Bonchev–Trinajstić information content (AvgIpc) is 3.09. The van der Waals surface area contributed by atoms with Crippen LogP contribution in [0.5, 0.6) is 5.75 Å². The van der Waals surface area contributed by atoms with Crippen LogP contribution in [-0.2, 0) is 16.1 Å². The minimum atomic E-state index is -0.771. The number of carbonyl (C=O) groups is 2. The summed E-state index contributed by atoms with van der Waals surface area (Å²) >= 11 is 0. The number of hydrogen-bond acceptors (Lipinski definition) is 4. The summed E-state index contributed by atoms with van der Waals surface area (Å²) in [6.07, 6.45) is 0.871. The Morgan fingerprint density at radius 1 is 0.970 bits per heavy atom. The third-order valence-corrected chi connectivity index (χ3v) is 5.52. The summed E-state index contributed by atoms with van der Waals surface area (Å²) in [4.78, 5) is 27.5. The fourth-order valence-corrected chi connectivity index (χ4v) is 3.90. The van der Waals surface area contributed by atoms with Crippen LogP contribution in [0.15, 0.2) is 84.4 Å². The molecule has 3 aromatic carbocycles. The predicted octanol–water partition coefficient (Wildman–Crippen LogP) is 5.24. The van der Waals surface area contributed by atoms with Crippen molar-refractivity contribution in [2.45, 2.75) is 25.9 Å². The van der Waals surface area contributed by atoms with E-state index in [4.69, 9.17) is 4.74 Å². The van der Waals surface area contributed by atoms with Gasteiger partial charge in [0, 0.05) is 12.1 Å². The number of hydrogen-bond donors (Lipinski definition) is 1. The van der Waals surface area contributed by atoms with Crippen LogP contribution in [-0.4, -0.2) is 28.3 Å². The van der Waals surface area contributed by atoms with Crippen molar-refractivity contribution in [1.29, 1.82) is 0 Å². The molecule has 1 heterocycles. The Morgan fingerprint density at radius 2 is 1.64 bits per heavy atom. The molecule has 5 nitrogen and oxygen atoms in total. The van der Waals surface area contributed by atoms with Gasteiger partial charge in [0.2, 0.25) is 0 Å². The maximum Gasteiger partial charge on any atom is 0.295 e. The van der Waals surface area contributed by atoms with Crippen LogP contribution in [0.3, 0.4) is 0 Å². The molecule has 1 aliphatic heterocycles. The number of ether oxygens (including phenoxy) is 1. The Hall–Kier alpha value is -3.93. The van der Waals surface area contributed by atoms with E-state index in [2.05, 4.69) is 0 Å². The zero-order chi connectivity index (χ0) is 23.4. The summed E-state index contributed by atoms with van der Waals surface area (Å²) in [6, 6.07) is 20.8. The van der Waals surface area contributed by atoms with Gasteiger partial charge in [-0.25, -0.2) is 4.39 Å². The topological polar surface area (TPSA) is 66.8 Å². The van der Waals surface area contributed by atoms with E-state index in [0.717, 1.165) is 6.42 Å². The molecule has 1 amide bonds. The number of likely N-dealkylation sites (tertiary alicyclic amines) is 1. The van der Waals surface area contributed by atoms with Crippen LogP contribution in [0.2, 0.25) is 0 Å². The Kier molecular flexibility index (Phi) is 6.54. The molecule has 1 saturated heterocycles. The van der Waals surface area contributed by atoms with Crippen LogP contribution >= 0.6 is 0 Å². The first-order valence-corrected chi connectivity index (χ1v) is 10.8. The average molecular weight is 445 g/mol. The third-order valence-electron chi connectivity index (χ3n) is 5.52. The number of aliphatic hydroxyl groups is 1. The molecule has 168 valence electrons. The molecule has 0 spiro atoms. The SMILES string of the molecule is CCCOc1ccc(/C(O)=C2/C(=O)C(=O)N(Cc3ccc(F)cc3)C2c2ccccc2)cc1. The van der Waals surface area contributed by atoms with Crippen molar-refractivity contribution in [3.8, 4) is 5.75 Å². The van der Waals surface area contributed by atoms with E-state index in [1.54, 1.807) is 36.4 Å². The molecule has 1 fully saturated rings. The molecule has 0 aromatic heterocycles. The highest BCUT2D eigenvalue weighted by Crippen LogP contribution is 2.40. The third kappa shape index (κ3) is 4.65. The van der Waals surface area contributed by atoms with Crippen LogP contribution < -0.4 is 4.74 Å². The van der Waals surface area contributed by atoms with Crippen molar-refractivity contribution in [2.24, 2.45) is 0 Å². The van der Waals surface area contributed by atoms with Gasteiger partial charge in [0.15, 0.2) is 0 Å². The molecule has 1 atom stereocenters. The Morgan fingerprint density at radius 3 is 2.27 bits per heavy atom. The van der Waals surface area contributed by atoms with Crippen molar-refractivity contribution in [2.75, 3.05) is 6.61 Å². The van der Waals surface area contributed by atoms with Crippen LogP contribution in [0, 0.1) is 5.82 Å². The van der Waals surface area contributed by atoms with Crippen molar-refractivity contribution >= 4 is 17.4 Å². The van der Waals surface area contributed by atoms with E-state index in [9.17, 15) is 19.1 Å². The van der Waals surface area contributed by atoms with Gasteiger partial charge in [-0.2, -0.15) is 0 Å². The van der Waals surface area contributed by atoms with E-state index >= 15 is 0 Å². The second-order valence-corrected chi connectivity index (χ2v) is 7.84. The first-order chi connectivity index (χ1) is 16.0. The second-order valence-electron chi connectivity index (χ2n) is 7.84. The highest BCUT2D eigenvalue weighted by molar-refractivity contribution is 6.46. The number of amides is 1. The van der Waals surface area contributed by atoms with E-state index in [1.165, 1.54) is 17.0 Å². The minimum Gasteiger partial charge on any atom is -0.507 e. The monoisotopic (exact) mass is 445 g/mol. The van der Waals surface area contributed by atoms with Crippen molar-refractivity contribution < 1.29 is 23.8 Å². The van der Waals surface area contributed by atoms with Crippen molar-refractivity contribution in [3.05, 3.63) is 107 Å². The smallest absolute Gasteiger partial charge is 0.295 e. The molecular weight excluding hydrogens is 421 g/mol. The summed E-state index contributed by atoms with van der Waals surface area (Å²) in [6.45, 7) is 2.69. The number of nitrogens with zero attached hydrogens (tertiary/aromatic N) is 1. The van der Waals surface area contributed by atoms with Gasteiger partial charge in [-0.05, 0) is 53.9 Å². The number of rotatable bonds is 7. The Labute approximate surface area is 191 Å². The highest BCUT2D eigenvalue weighted by atomic mass is 19.1. The molecule has 4 rings (SSSR count). The van der Waals surface area contributed by atoms with E-state index in [1.807, 2.05) is 37.3 Å². The van der Waals surface area contributed by atoms with Crippen molar-refractivity contribution in [3.63, 3.8) is 0 Å². The normalized spacial score (nSPS) is 17.4. The molecule has 3 aromatic rings. The molecule has 0 bridgehead atoms. The lowest BCUT2D eigenvalue weighted by Crippen LogP contribution is -2.29. The van der Waals surface area contributed by atoms with Crippen LogP contribution in [0.25, 0.3) is 5.76 Å². The van der Waals surface area contributed by atoms with Gasteiger partial charge in [0.1, 0.15) is 17.3 Å². The molecular formula is C27H24FNO4. The summed E-state index contributed by atoms with van der Waals surface area (Å²) in [5.74, 6) is -1.44. The molecule has 0 saturated carbocycles. The number of Topliss-reactive ketones (excluding diaryl/α,β-unsaturated/α-hetero) is 1. The fourth-order valence-electron chi connectivity index (χ4n) is 3.90. The van der Waals surface area contributed by atoms with E-state index in [-0.39, 0.29) is 23.7 Å². The fraction of sp³-hybridized carbons (Fsp3) is 0.185. The van der Waals surface area contributed by atoms with Gasteiger partial charge in [0.25, 0.3) is 11.7 Å². The zero-order valence-corrected chi connectivity index (χ0v) is 18.2. The van der Waals surface area contributed by atoms with Gasteiger partial charge in [-0.15, -0.1) is 0 Å². The quantitative estimate of drug-likeness (QED) is 0.307. The summed E-state index contributed by atoms with van der Waals surface area (Å²) < 4.78 is 18.9. The lowest BCUT2D eigenvalue weighted by Gasteiger charge is -2.25. The highest BCUT2D eigenvalue weighted by Gasteiger charge is 2.46.